The number of carbonyl (C=O) groups is 2. The molecule has 0 aromatic heterocycles. The standard InChI is InChI=1S/C20H23N3O4/c24-17-11-10-16(18(25)13-17)14-22-23-19(26)9-5-2-6-12-21-20(27)15-7-3-1-4-8-15/h1,3-4,7-8,10-11,13-14,24-25H,2,5-6,9,12H2,(H,21,27)(H,23,26)/b22-14-. The molecule has 0 aliphatic heterocycles. The second-order valence-electron chi connectivity index (χ2n) is 5.97. The minimum Gasteiger partial charge on any atom is -0.508 e. The van der Waals surface area contributed by atoms with Crippen LogP contribution in [0.15, 0.2) is 53.6 Å². The number of phenols is 2. The molecule has 142 valence electrons. The van der Waals surface area contributed by atoms with E-state index in [0.29, 0.717) is 30.5 Å². The van der Waals surface area contributed by atoms with Crippen LogP contribution in [0.3, 0.4) is 0 Å². The molecule has 0 heterocycles. The van der Waals surface area contributed by atoms with E-state index >= 15 is 0 Å². The van der Waals surface area contributed by atoms with E-state index in [-0.39, 0.29) is 23.3 Å². The molecule has 2 amide bonds. The Morgan fingerprint density at radius 3 is 2.52 bits per heavy atom. The van der Waals surface area contributed by atoms with Crippen LogP contribution in [0.2, 0.25) is 0 Å². The van der Waals surface area contributed by atoms with E-state index in [4.69, 9.17) is 0 Å². The van der Waals surface area contributed by atoms with E-state index in [9.17, 15) is 19.8 Å². The SMILES string of the molecule is O=C(CCCCCNC(=O)c1ccccc1)N/N=C\c1ccc(O)cc1O. The summed E-state index contributed by atoms with van der Waals surface area (Å²) in [5, 5.41) is 25.4. The van der Waals surface area contributed by atoms with Crippen LogP contribution < -0.4 is 10.7 Å². The van der Waals surface area contributed by atoms with Crippen LogP contribution in [0, 0.1) is 0 Å². The van der Waals surface area contributed by atoms with E-state index in [1.807, 2.05) is 18.2 Å². The largest absolute Gasteiger partial charge is 0.508 e. The van der Waals surface area contributed by atoms with Crippen LogP contribution in [0.4, 0.5) is 0 Å². The highest BCUT2D eigenvalue weighted by Gasteiger charge is 2.04. The fourth-order valence-electron chi connectivity index (χ4n) is 2.35. The number of nitrogens with zero attached hydrogens (tertiary/aromatic N) is 1. The van der Waals surface area contributed by atoms with Gasteiger partial charge in [0, 0.05) is 30.2 Å². The van der Waals surface area contributed by atoms with Gasteiger partial charge in [-0.15, -0.1) is 0 Å². The van der Waals surface area contributed by atoms with Crippen molar-refractivity contribution in [1.82, 2.24) is 10.7 Å². The summed E-state index contributed by atoms with van der Waals surface area (Å²) in [5.41, 5.74) is 3.42. The van der Waals surface area contributed by atoms with Crippen molar-refractivity contribution in [2.45, 2.75) is 25.7 Å². The first-order valence-corrected chi connectivity index (χ1v) is 8.73. The van der Waals surface area contributed by atoms with Gasteiger partial charge in [0.1, 0.15) is 11.5 Å². The average molecular weight is 369 g/mol. The van der Waals surface area contributed by atoms with Crippen LogP contribution in [-0.4, -0.2) is 34.8 Å². The molecule has 0 saturated heterocycles. The number of hydrazone groups is 1. The summed E-state index contributed by atoms with van der Waals surface area (Å²) < 4.78 is 0. The number of aromatic hydroxyl groups is 2. The first-order valence-electron chi connectivity index (χ1n) is 8.73. The van der Waals surface area contributed by atoms with Crippen LogP contribution in [0.5, 0.6) is 11.5 Å². The Bertz CT molecular complexity index is 791. The van der Waals surface area contributed by atoms with E-state index in [1.165, 1.54) is 24.4 Å². The van der Waals surface area contributed by atoms with Crippen molar-refractivity contribution in [3.8, 4) is 11.5 Å². The fourth-order valence-corrected chi connectivity index (χ4v) is 2.35. The third-order valence-electron chi connectivity index (χ3n) is 3.81. The molecule has 0 aliphatic rings. The summed E-state index contributed by atoms with van der Waals surface area (Å²) in [6.07, 6.45) is 3.92. The van der Waals surface area contributed by atoms with Gasteiger partial charge in [-0.2, -0.15) is 5.10 Å². The van der Waals surface area contributed by atoms with Gasteiger partial charge in [0.05, 0.1) is 6.21 Å². The molecule has 0 saturated carbocycles. The molecule has 0 atom stereocenters. The van der Waals surface area contributed by atoms with Crippen LogP contribution in [0.25, 0.3) is 0 Å². The molecule has 0 spiro atoms. The molecule has 0 fully saturated rings. The monoisotopic (exact) mass is 369 g/mol. The lowest BCUT2D eigenvalue weighted by Gasteiger charge is -2.05. The number of phenolic OH excluding ortho intramolecular Hbond substituents is 2. The van der Waals surface area contributed by atoms with Gasteiger partial charge < -0.3 is 15.5 Å². The lowest BCUT2D eigenvalue weighted by molar-refractivity contribution is -0.121. The molecule has 0 bridgehead atoms. The molecule has 0 unspecified atom stereocenters. The zero-order chi connectivity index (χ0) is 19.5. The van der Waals surface area contributed by atoms with Gasteiger partial charge in [-0.3, -0.25) is 9.59 Å². The summed E-state index contributed by atoms with van der Waals surface area (Å²) in [5.74, 6) is -0.489. The van der Waals surface area contributed by atoms with Gasteiger partial charge in [0.15, 0.2) is 0 Å². The second-order valence-corrected chi connectivity index (χ2v) is 5.97. The van der Waals surface area contributed by atoms with Gasteiger partial charge in [0.25, 0.3) is 5.91 Å². The Kier molecular flexibility index (Phi) is 7.84. The first kappa shape index (κ1) is 20.0. The lowest BCUT2D eigenvalue weighted by Crippen LogP contribution is -2.24. The highest BCUT2D eigenvalue weighted by molar-refractivity contribution is 5.94. The van der Waals surface area contributed by atoms with E-state index in [1.54, 1.807) is 12.1 Å². The van der Waals surface area contributed by atoms with E-state index in [2.05, 4.69) is 15.8 Å². The maximum absolute atomic E-state index is 11.8. The summed E-state index contributed by atoms with van der Waals surface area (Å²) in [6, 6.07) is 13.1. The first-order chi connectivity index (χ1) is 13.1. The number of rotatable bonds is 9. The molecule has 2 rings (SSSR count). The quantitative estimate of drug-likeness (QED) is 0.309. The van der Waals surface area contributed by atoms with E-state index < -0.39 is 0 Å². The Morgan fingerprint density at radius 1 is 1.00 bits per heavy atom. The fraction of sp³-hybridized carbons (Fsp3) is 0.250. The number of amides is 2. The number of nitrogens with one attached hydrogen (secondary N) is 2. The zero-order valence-electron chi connectivity index (χ0n) is 14.9. The molecule has 4 N–H and O–H groups in total. The smallest absolute Gasteiger partial charge is 0.251 e. The Morgan fingerprint density at radius 2 is 1.78 bits per heavy atom. The van der Waals surface area contributed by atoms with Crippen LogP contribution in [-0.2, 0) is 4.79 Å². The summed E-state index contributed by atoms with van der Waals surface area (Å²) >= 11 is 0. The molecule has 7 heteroatoms. The minimum absolute atomic E-state index is 0.0476. The summed E-state index contributed by atoms with van der Waals surface area (Å²) in [7, 11) is 0. The third-order valence-corrected chi connectivity index (χ3v) is 3.81. The lowest BCUT2D eigenvalue weighted by atomic mass is 10.2. The number of hydrogen-bond acceptors (Lipinski definition) is 5. The van der Waals surface area contributed by atoms with Crippen molar-refractivity contribution in [2.24, 2.45) is 5.10 Å². The Hall–Kier alpha value is -3.35. The highest BCUT2D eigenvalue weighted by Crippen LogP contribution is 2.20. The highest BCUT2D eigenvalue weighted by atomic mass is 16.3. The Labute approximate surface area is 157 Å². The van der Waals surface area contributed by atoms with Crippen LogP contribution in [0.1, 0.15) is 41.6 Å². The van der Waals surface area contributed by atoms with Crippen molar-refractivity contribution >= 4 is 18.0 Å². The van der Waals surface area contributed by atoms with Crippen molar-refractivity contribution < 1.29 is 19.8 Å². The molecular weight excluding hydrogens is 346 g/mol. The zero-order valence-corrected chi connectivity index (χ0v) is 14.9. The van der Waals surface area contributed by atoms with Gasteiger partial charge >= 0.3 is 0 Å². The van der Waals surface area contributed by atoms with Crippen molar-refractivity contribution in [3.63, 3.8) is 0 Å². The normalized spacial score (nSPS) is 10.7. The number of unbranched alkanes of at least 4 members (excludes halogenated alkanes) is 2. The van der Waals surface area contributed by atoms with Crippen LogP contribution >= 0.6 is 0 Å². The predicted molar refractivity (Wildman–Crippen MR) is 103 cm³/mol. The third kappa shape index (κ3) is 7.19. The number of benzene rings is 2. The minimum atomic E-state index is -0.224. The van der Waals surface area contributed by atoms with Gasteiger partial charge in [-0.1, -0.05) is 24.6 Å². The number of hydrogen-bond donors (Lipinski definition) is 4. The van der Waals surface area contributed by atoms with Gasteiger partial charge in [-0.05, 0) is 37.1 Å². The average Bonchev–Trinajstić information content (AvgIpc) is 2.66. The topological polar surface area (TPSA) is 111 Å². The Balaban J connectivity index is 1.57. The predicted octanol–water partition coefficient (Wildman–Crippen LogP) is 2.54. The van der Waals surface area contributed by atoms with Gasteiger partial charge in [0.2, 0.25) is 5.91 Å². The second kappa shape index (κ2) is 10.6. The molecule has 2 aromatic rings. The van der Waals surface area contributed by atoms with Gasteiger partial charge in [-0.25, -0.2) is 5.43 Å². The molecule has 0 radical (unpaired) electrons. The maximum Gasteiger partial charge on any atom is 0.251 e. The molecular formula is C20H23N3O4. The molecule has 27 heavy (non-hydrogen) atoms. The van der Waals surface area contributed by atoms with E-state index in [0.717, 1.165) is 12.8 Å². The molecule has 7 nitrogen and oxygen atoms in total. The summed E-state index contributed by atoms with van der Waals surface area (Å²) in [4.78, 5) is 23.5. The number of carbonyl (C=O) groups excluding carboxylic acids is 2. The van der Waals surface area contributed by atoms with Crippen molar-refractivity contribution in [2.75, 3.05) is 6.54 Å². The van der Waals surface area contributed by atoms with Crippen molar-refractivity contribution in [3.05, 3.63) is 59.7 Å². The van der Waals surface area contributed by atoms with Crippen molar-refractivity contribution in [1.29, 1.82) is 0 Å². The molecule has 2 aromatic carbocycles. The maximum atomic E-state index is 11.8. The molecule has 0 aliphatic carbocycles. The summed E-state index contributed by atoms with van der Waals surface area (Å²) in [6.45, 7) is 0.563.